The van der Waals surface area contributed by atoms with Crippen LogP contribution in [-0.2, 0) is 9.53 Å². The number of rotatable bonds is 10. The molecule has 0 spiro atoms. The van der Waals surface area contributed by atoms with Gasteiger partial charge in [-0.05, 0) is 19.8 Å². The number of hydrogen-bond acceptors (Lipinski definition) is 3. The van der Waals surface area contributed by atoms with Gasteiger partial charge in [0.05, 0.1) is 6.61 Å². The van der Waals surface area contributed by atoms with Crippen LogP contribution in [0.15, 0.2) is 11.8 Å². The van der Waals surface area contributed by atoms with Crippen molar-refractivity contribution in [3.05, 3.63) is 11.8 Å². The number of carbonyl (C=O) groups is 1. The Balaban J connectivity index is 3.58. The number of hydrogen-bond donors (Lipinski definition) is 1. The normalized spacial score (nSPS) is 11.4. The summed E-state index contributed by atoms with van der Waals surface area (Å²) in [5, 5.41) is 3.15. The molecule has 0 radical (unpaired) electrons. The van der Waals surface area contributed by atoms with E-state index < -0.39 is 0 Å². The molecule has 0 fully saturated rings. The quantitative estimate of drug-likeness (QED) is 0.362. The van der Waals surface area contributed by atoms with E-state index in [0.29, 0.717) is 12.2 Å². The van der Waals surface area contributed by atoms with Crippen molar-refractivity contribution in [2.45, 2.75) is 59.3 Å². The van der Waals surface area contributed by atoms with Crippen molar-refractivity contribution >= 4 is 5.97 Å². The monoisotopic (exact) mass is 241 g/mol. The third kappa shape index (κ3) is 9.91. The van der Waals surface area contributed by atoms with E-state index in [2.05, 4.69) is 19.2 Å². The summed E-state index contributed by atoms with van der Waals surface area (Å²) in [4.78, 5) is 11.5. The first-order valence-electron chi connectivity index (χ1n) is 6.79. The highest BCUT2D eigenvalue weighted by Gasteiger charge is 2.04. The highest BCUT2D eigenvalue weighted by molar-refractivity contribution is 5.87. The van der Waals surface area contributed by atoms with Crippen molar-refractivity contribution in [2.24, 2.45) is 0 Å². The Morgan fingerprint density at radius 3 is 2.47 bits per heavy atom. The molecule has 0 aliphatic carbocycles. The molecule has 17 heavy (non-hydrogen) atoms. The van der Waals surface area contributed by atoms with E-state index in [9.17, 15) is 4.79 Å². The minimum absolute atomic E-state index is 0.209. The van der Waals surface area contributed by atoms with Gasteiger partial charge in [-0.2, -0.15) is 0 Å². The van der Waals surface area contributed by atoms with Crippen molar-refractivity contribution in [3.8, 4) is 0 Å². The van der Waals surface area contributed by atoms with Crippen LogP contribution in [0.25, 0.3) is 0 Å². The minimum atomic E-state index is -0.209. The molecule has 0 aliphatic rings. The maximum Gasteiger partial charge on any atom is 0.335 e. The van der Waals surface area contributed by atoms with Gasteiger partial charge < -0.3 is 10.1 Å². The lowest BCUT2D eigenvalue weighted by atomic mass is 10.2. The number of esters is 1. The van der Waals surface area contributed by atoms with Crippen LogP contribution < -0.4 is 5.32 Å². The number of carbonyl (C=O) groups excluding carboxylic acids is 1. The van der Waals surface area contributed by atoms with Crippen molar-refractivity contribution in [2.75, 3.05) is 13.2 Å². The maximum absolute atomic E-state index is 11.5. The number of nitrogens with one attached hydrogen (secondary N) is 1. The molecule has 0 rings (SSSR count). The summed E-state index contributed by atoms with van der Waals surface area (Å²) in [6, 6.07) is 0. The van der Waals surface area contributed by atoms with Crippen LogP contribution in [0.2, 0.25) is 0 Å². The summed E-state index contributed by atoms with van der Waals surface area (Å²) in [6.45, 7) is 7.52. The van der Waals surface area contributed by atoms with Crippen LogP contribution in [0.5, 0.6) is 0 Å². The minimum Gasteiger partial charge on any atom is -0.462 e. The van der Waals surface area contributed by atoms with Crippen LogP contribution in [0, 0.1) is 0 Å². The van der Waals surface area contributed by atoms with E-state index >= 15 is 0 Å². The van der Waals surface area contributed by atoms with E-state index in [1.165, 1.54) is 19.3 Å². The Labute approximate surface area is 106 Å². The molecule has 0 amide bonds. The number of ether oxygens (including phenoxy) is 1. The van der Waals surface area contributed by atoms with E-state index in [1.807, 2.05) is 0 Å². The van der Waals surface area contributed by atoms with Gasteiger partial charge in [-0.15, -0.1) is 0 Å². The summed E-state index contributed by atoms with van der Waals surface area (Å²) < 4.78 is 5.09. The van der Waals surface area contributed by atoms with Gasteiger partial charge in [-0.1, -0.05) is 39.5 Å². The first-order chi connectivity index (χ1) is 8.22. The van der Waals surface area contributed by atoms with E-state index in [1.54, 1.807) is 13.1 Å². The lowest BCUT2D eigenvalue weighted by molar-refractivity contribution is -0.139. The molecule has 0 saturated carbocycles. The molecule has 0 saturated heterocycles. The Hall–Kier alpha value is -0.990. The first kappa shape index (κ1) is 16.0. The van der Waals surface area contributed by atoms with Crippen molar-refractivity contribution in [1.82, 2.24) is 5.32 Å². The van der Waals surface area contributed by atoms with E-state index in [0.717, 1.165) is 25.8 Å². The zero-order valence-corrected chi connectivity index (χ0v) is 11.6. The lowest BCUT2D eigenvalue weighted by Gasteiger charge is -2.05. The third-order valence-corrected chi connectivity index (χ3v) is 2.55. The van der Waals surface area contributed by atoms with Crippen molar-refractivity contribution in [1.29, 1.82) is 0 Å². The molecule has 0 aromatic rings. The summed E-state index contributed by atoms with van der Waals surface area (Å²) >= 11 is 0. The fourth-order valence-electron chi connectivity index (χ4n) is 1.36. The van der Waals surface area contributed by atoms with Gasteiger partial charge in [0.1, 0.15) is 0 Å². The SMILES string of the molecule is CCCCCCN/C=C(\C)C(=O)OCCCC. The van der Waals surface area contributed by atoms with Crippen LogP contribution in [0.1, 0.15) is 59.3 Å². The molecule has 0 atom stereocenters. The molecule has 1 N–H and O–H groups in total. The number of unbranched alkanes of at least 4 members (excludes halogenated alkanes) is 4. The Kier molecular flexibility index (Phi) is 10.8. The lowest BCUT2D eigenvalue weighted by Crippen LogP contribution is -2.13. The van der Waals surface area contributed by atoms with Crippen LogP contribution in [0.4, 0.5) is 0 Å². The third-order valence-electron chi connectivity index (χ3n) is 2.55. The molecule has 0 bridgehead atoms. The van der Waals surface area contributed by atoms with Crippen molar-refractivity contribution in [3.63, 3.8) is 0 Å². The zero-order chi connectivity index (χ0) is 12.9. The average molecular weight is 241 g/mol. The van der Waals surface area contributed by atoms with Crippen LogP contribution in [0.3, 0.4) is 0 Å². The Morgan fingerprint density at radius 1 is 1.12 bits per heavy atom. The standard InChI is InChI=1S/C14H27NO2/c1-4-6-8-9-10-15-12-13(3)14(16)17-11-7-5-2/h12,15H,4-11H2,1-3H3/b13-12+. The maximum atomic E-state index is 11.5. The summed E-state index contributed by atoms with van der Waals surface area (Å²) in [7, 11) is 0. The molecule has 0 aromatic carbocycles. The fraction of sp³-hybridized carbons (Fsp3) is 0.786. The largest absolute Gasteiger partial charge is 0.462 e. The molecule has 0 heterocycles. The van der Waals surface area contributed by atoms with Gasteiger partial charge in [-0.25, -0.2) is 4.79 Å². The van der Waals surface area contributed by atoms with Gasteiger partial charge in [0.2, 0.25) is 0 Å². The van der Waals surface area contributed by atoms with Crippen LogP contribution >= 0.6 is 0 Å². The molecule has 100 valence electrons. The second kappa shape index (κ2) is 11.5. The Morgan fingerprint density at radius 2 is 1.82 bits per heavy atom. The highest BCUT2D eigenvalue weighted by atomic mass is 16.5. The van der Waals surface area contributed by atoms with Gasteiger partial charge in [0.15, 0.2) is 0 Å². The molecule has 0 unspecified atom stereocenters. The molecule has 3 nitrogen and oxygen atoms in total. The molecule has 3 heteroatoms. The summed E-state index contributed by atoms with van der Waals surface area (Å²) in [5.41, 5.74) is 0.650. The van der Waals surface area contributed by atoms with Gasteiger partial charge in [0.25, 0.3) is 0 Å². The fourth-order valence-corrected chi connectivity index (χ4v) is 1.36. The summed E-state index contributed by atoms with van der Waals surface area (Å²) in [5.74, 6) is -0.209. The van der Waals surface area contributed by atoms with Gasteiger partial charge in [-0.3, -0.25) is 0 Å². The van der Waals surface area contributed by atoms with Gasteiger partial charge in [0, 0.05) is 18.3 Å². The van der Waals surface area contributed by atoms with E-state index in [-0.39, 0.29) is 5.97 Å². The first-order valence-corrected chi connectivity index (χ1v) is 6.79. The highest BCUT2D eigenvalue weighted by Crippen LogP contribution is 1.99. The van der Waals surface area contributed by atoms with Crippen molar-refractivity contribution < 1.29 is 9.53 Å². The van der Waals surface area contributed by atoms with Crippen LogP contribution in [-0.4, -0.2) is 19.1 Å². The molecule has 0 aromatic heterocycles. The molecular formula is C14H27NO2. The summed E-state index contributed by atoms with van der Waals surface area (Å²) in [6.07, 6.45) is 8.68. The molecular weight excluding hydrogens is 214 g/mol. The average Bonchev–Trinajstić information content (AvgIpc) is 2.33. The van der Waals surface area contributed by atoms with Gasteiger partial charge >= 0.3 is 5.97 Å². The van der Waals surface area contributed by atoms with E-state index in [4.69, 9.17) is 4.74 Å². The molecule has 0 aliphatic heterocycles. The smallest absolute Gasteiger partial charge is 0.335 e. The topological polar surface area (TPSA) is 38.3 Å². The second-order valence-electron chi connectivity index (χ2n) is 4.33. The Bertz CT molecular complexity index is 224. The second-order valence-corrected chi connectivity index (χ2v) is 4.33. The predicted molar refractivity (Wildman–Crippen MR) is 71.8 cm³/mol. The predicted octanol–water partition coefficient (Wildman–Crippen LogP) is 3.40. The zero-order valence-electron chi connectivity index (χ0n) is 11.6.